The number of methoxy groups -OCH3 is 1. The van der Waals surface area contributed by atoms with Gasteiger partial charge in [-0.3, -0.25) is 4.79 Å². The SMILES string of the molecule is COC(=O)[C@@H](N)Cc1c(C(F)(F)F)[nH]c2ccccc12. The van der Waals surface area contributed by atoms with Crippen molar-refractivity contribution in [3.8, 4) is 0 Å². The Morgan fingerprint density at radius 1 is 1.40 bits per heavy atom. The van der Waals surface area contributed by atoms with E-state index in [1.807, 2.05) is 0 Å². The van der Waals surface area contributed by atoms with Gasteiger partial charge in [-0.05, 0) is 11.6 Å². The Hall–Kier alpha value is -2.02. The Bertz CT molecular complexity index is 634. The summed E-state index contributed by atoms with van der Waals surface area (Å²) in [5.74, 6) is -0.747. The third-order valence-corrected chi connectivity index (χ3v) is 3.03. The molecular formula is C13H13F3N2O2. The maximum Gasteiger partial charge on any atom is 0.431 e. The Morgan fingerprint density at radius 3 is 2.65 bits per heavy atom. The molecule has 1 heterocycles. The number of ether oxygens (including phenoxy) is 1. The second-order valence-corrected chi connectivity index (χ2v) is 4.36. The molecule has 0 spiro atoms. The smallest absolute Gasteiger partial charge is 0.431 e. The zero-order chi connectivity index (χ0) is 14.9. The largest absolute Gasteiger partial charge is 0.468 e. The molecule has 3 N–H and O–H groups in total. The third-order valence-electron chi connectivity index (χ3n) is 3.03. The van der Waals surface area contributed by atoms with Crippen LogP contribution in [0, 0.1) is 0 Å². The molecule has 2 rings (SSSR count). The van der Waals surface area contributed by atoms with Crippen LogP contribution in [-0.4, -0.2) is 24.1 Å². The molecule has 1 atom stereocenters. The number of nitrogens with one attached hydrogen (secondary N) is 1. The lowest BCUT2D eigenvalue weighted by molar-refractivity contribution is -0.144. The average molecular weight is 286 g/mol. The quantitative estimate of drug-likeness (QED) is 0.850. The molecule has 2 aromatic rings. The molecule has 7 heteroatoms. The van der Waals surface area contributed by atoms with Gasteiger partial charge in [0.1, 0.15) is 11.7 Å². The van der Waals surface area contributed by atoms with E-state index in [2.05, 4.69) is 9.72 Å². The predicted molar refractivity (Wildman–Crippen MR) is 67.0 cm³/mol. The molecule has 20 heavy (non-hydrogen) atoms. The molecule has 0 amide bonds. The summed E-state index contributed by atoms with van der Waals surface area (Å²) in [6.45, 7) is 0. The van der Waals surface area contributed by atoms with Gasteiger partial charge in [-0.2, -0.15) is 13.2 Å². The van der Waals surface area contributed by atoms with Gasteiger partial charge >= 0.3 is 12.1 Å². The van der Waals surface area contributed by atoms with Crippen LogP contribution in [0.2, 0.25) is 0 Å². The number of rotatable bonds is 3. The first-order valence-electron chi connectivity index (χ1n) is 5.84. The fourth-order valence-corrected chi connectivity index (χ4v) is 2.11. The second kappa shape index (κ2) is 5.16. The van der Waals surface area contributed by atoms with Gasteiger partial charge in [0.25, 0.3) is 0 Å². The van der Waals surface area contributed by atoms with Crippen molar-refractivity contribution in [2.75, 3.05) is 7.11 Å². The number of H-pyrrole nitrogens is 1. The minimum atomic E-state index is -4.54. The molecule has 0 fully saturated rings. The highest BCUT2D eigenvalue weighted by molar-refractivity contribution is 5.86. The number of fused-ring (bicyclic) bond motifs is 1. The van der Waals surface area contributed by atoms with Gasteiger partial charge in [0, 0.05) is 17.3 Å². The Morgan fingerprint density at radius 2 is 2.05 bits per heavy atom. The fraction of sp³-hybridized carbons (Fsp3) is 0.308. The molecule has 0 unspecified atom stereocenters. The monoisotopic (exact) mass is 286 g/mol. The summed E-state index contributed by atoms with van der Waals surface area (Å²) in [4.78, 5) is 13.6. The van der Waals surface area contributed by atoms with E-state index in [1.54, 1.807) is 18.2 Å². The first-order chi connectivity index (χ1) is 9.34. The maximum atomic E-state index is 13.0. The van der Waals surface area contributed by atoms with Gasteiger partial charge in [0.15, 0.2) is 0 Å². The van der Waals surface area contributed by atoms with Crippen molar-refractivity contribution in [2.24, 2.45) is 5.73 Å². The molecule has 108 valence electrons. The van der Waals surface area contributed by atoms with Crippen molar-refractivity contribution in [1.82, 2.24) is 4.98 Å². The summed E-state index contributed by atoms with van der Waals surface area (Å²) in [5, 5.41) is 0.402. The standard InChI is InChI=1S/C13H13F3N2O2/c1-20-12(19)9(17)6-8-7-4-2-3-5-10(7)18-11(8)13(14,15)16/h2-5,9,18H,6,17H2,1H3/t9-/m0/s1. The normalized spacial score (nSPS) is 13.4. The molecule has 0 aliphatic rings. The van der Waals surface area contributed by atoms with Crippen LogP contribution in [0.4, 0.5) is 13.2 Å². The molecule has 0 radical (unpaired) electrons. The highest BCUT2D eigenvalue weighted by Gasteiger charge is 2.37. The fourth-order valence-electron chi connectivity index (χ4n) is 2.11. The van der Waals surface area contributed by atoms with Gasteiger partial charge in [-0.15, -0.1) is 0 Å². The number of para-hydroxylation sites is 1. The molecule has 1 aromatic carbocycles. The van der Waals surface area contributed by atoms with Crippen LogP contribution >= 0.6 is 0 Å². The molecular weight excluding hydrogens is 273 g/mol. The summed E-state index contributed by atoms with van der Waals surface area (Å²) in [5.41, 5.74) is 5.02. The highest BCUT2D eigenvalue weighted by Crippen LogP contribution is 2.35. The topological polar surface area (TPSA) is 68.1 Å². The number of esters is 1. The zero-order valence-corrected chi connectivity index (χ0v) is 10.6. The van der Waals surface area contributed by atoms with E-state index in [4.69, 9.17) is 5.73 Å². The van der Waals surface area contributed by atoms with Crippen LogP contribution in [0.15, 0.2) is 24.3 Å². The van der Waals surface area contributed by atoms with Crippen LogP contribution in [0.25, 0.3) is 10.9 Å². The van der Waals surface area contributed by atoms with Crippen LogP contribution < -0.4 is 5.73 Å². The number of aromatic amines is 1. The lowest BCUT2D eigenvalue weighted by atomic mass is 10.0. The summed E-state index contributed by atoms with van der Waals surface area (Å²) in [6.07, 6.45) is -4.78. The average Bonchev–Trinajstić information content (AvgIpc) is 2.77. The van der Waals surface area contributed by atoms with E-state index in [0.717, 1.165) is 7.11 Å². The van der Waals surface area contributed by atoms with Crippen molar-refractivity contribution in [1.29, 1.82) is 0 Å². The van der Waals surface area contributed by atoms with Gasteiger partial charge in [0.2, 0.25) is 0 Å². The van der Waals surface area contributed by atoms with Gasteiger partial charge in [-0.1, -0.05) is 18.2 Å². The van der Waals surface area contributed by atoms with E-state index in [-0.39, 0.29) is 12.0 Å². The molecule has 1 aromatic heterocycles. The summed E-state index contributed by atoms with van der Waals surface area (Å²) in [7, 11) is 1.14. The number of alkyl halides is 3. The lowest BCUT2D eigenvalue weighted by Crippen LogP contribution is -2.34. The number of nitrogens with two attached hydrogens (primary N) is 1. The minimum absolute atomic E-state index is 0.0222. The first-order valence-corrected chi connectivity index (χ1v) is 5.84. The number of carbonyl (C=O) groups excluding carboxylic acids is 1. The second-order valence-electron chi connectivity index (χ2n) is 4.36. The number of hydrogen-bond donors (Lipinski definition) is 2. The Labute approximate surface area is 112 Å². The Kier molecular flexibility index (Phi) is 3.71. The van der Waals surface area contributed by atoms with Crippen molar-refractivity contribution in [3.63, 3.8) is 0 Å². The van der Waals surface area contributed by atoms with Crippen molar-refractivity contribution in [3.05, 3.63) is 35.5 Å². The zero-order valence-electron chi connectivity index (χ0n) is 10.6. The predicted octanol–water partition coefficient (Wildman–Crippen LogP) is 2.23. The number of benzene rings is 1. The van der Waals surface area contributed by atoms with Crippen LogP contribution in [0.5, 0.6) is 0 Å². The number of halogens is 3. The molecule has 0 saturated carbocycles. The van der Waals surface area contributed by atoms with Crippen LogP contribution in [0.3, 0.4) is 0 Å². The number of hydrogen-bond acceptors (Lipinski definition) is 3. The maximum absolute atomic E-state index is 13.0. The number of carbonyl (C=O) groups is 1. The van der Waals surface area contributed by atoms with Gasteiger partial charge < -0.3 is 15.5 Å². The summed E-state index contributed by atoms with van der Waals surface area (Å²) >= 11 is 0. The molecule has 4 nitrogen and oxygen atoms in total. The van der Waals surface area contributed by atoms with Crippen LogP contribution in [-0.2, 0) is 22.1 Å². The first kappa shape index (κ1) is 14.4. The van der Waals surface area contributed by atoms with E-state index in [9.17, 15) is 18.0 Å². The summed E-state index contributed by atoms with van der Waals surface area (Å²) in [6, 6.07) is 5.21. The lowest BCUT2D eigenvalue weighted by Gasteiger charge is -2.12. The van der Waals surface area contributed by atoms with Crippen LogP contribution in [0.1, 0.15) is 11.3 Å². The Balaban J connectivity index is 2.51. The van der Waals surface area contributed by atoms with E-state index < -0.39 is 23.9 Å². The molecule has 0 bridgehead atoms. The molecule has 0 aliphatic carbocycles. The van der Waals surface area contributed by atoms with Crippen molar-refractivity contribution >= 4 is 16.9 Å². The van der Waals surface area contributed by atoms with E-state index in [1.165, 1.54) is 6.07 Å². The van der Waals surface area contributed by atoms with E-state index in [0.29, 0.717) is 10.9 Å². The molecule has 0 aliphatic heterocycles. The van der Waals surface area contributed by atoms with E-state index >= 15 is 0 Å². The minimum Gasteiger partial charge on any atom is -0.468 e. The van der Waals surface area contributed by atoms with Crippen molar-refractivity contribution < 1.29 is 22.7 Å². The van der Waals surface area contributed by atoms with Gasteiger partial charge in [0.05, 0.1) is 7.11 Å². The summed E-state index contributed by atoms with van der Waals surface area (Å²) < 4.78 is 43.5. The van der Waals surface area contributed by atoms with Crippen molar-refractivity contribution in [2.45, 2.75) is 18.6 Å². The number of aromatic nitrogens is 1. The van der Waals surface area contributed by atoms with Gasteiger partial charge in [-0.25, -0.2) is 0 Å². The third kappa shape index (κ3) is 2.62. The molecule has 0 saturated heterocycles. The highest BCUT2D eigenvalue weighted by atomic mass is 19.4.